The zero-order valence-corrected chi connectivity index (χ0v) is 54.3. The van der Waals surface area contributed by atoms with Crippen LogP contribution in [-0.2, 0) is 55.8 Å². The highest BCUT2D eigenvalue weighted by Gasteiger charge is 2.29. The summed E-state index contributed by atoms with van der Waals surface area (Å²) in [5, 5.41) is 20.5. The predicted molar refractivity (Wildman–Crippen MR) is 344 cm³/mol. The summed E-state index contributed by atoms with van der Waals surface area (Å²) in [7, 11) is -9.79. The number of esters is 3. The molecular weight excluding hydrogens is 1120 g/mol. The molecule has 488 valence electrons. The summed E-state index contributed by atoms with van der Waals surface area (Å²) in [6.45, 7) is 2.33. The van der Waals surface area contributed by atoms with Crippen molar-refractivity contribution in [3.8, 4) is 0 Å². The second-order valence-electron chi connectivity index (χ2n) is 21.2. The van der Waals surface area contributed by atoms with E-state index in [1.807, 2.05) is 18.2 Å². The van der Waals surface area contributed by atoms with Crippen LogP contribution in [0, 0.1) is 0 Å². The number of aliphatic hydroxyl groups is 2. The number of hydrogen-bond acceptors (Lipinski definition) is 14. The van der Waals surface area contributed by atoms with Gasteiger partial charge < -0.3 is 34.2 Å². The van der Waals surface area contributed by atoms with Gasteiger partial charge in [-0.15, -0.1) is 0 Å². The van der Waals surface area contributed by atoms with Crippen LogP contribution >= 0.6 is 15.6 Å². The minimum absolute atomic E-state index is 0.0586. The summed E-state index contributed by atoms with van der Waals surface area (Å²) in [4.78, 5) is 58.2. The van der Waals surface area contributed by atoms with Gasteiger partial charge in [-0.25, -0.2) is 9.13 Å². The second-order valence-corrected chi connectivity index (χ2v) is 24.1. The molecule has 18 heteroatoms. The SMILES string of the molecule is CC/C=C\C/C=C\C/C=C\C/C=C\C/C=C\C/C=C\CCC(=O)OCC(O)COP(=O)(O)OCC(O)COP(=O)(O)OCC(COC(=O)CCCCCCCCC/C=C\C/C=C\C/C=C\CC)OC(=O)CCCCCCCCCCCCCCC. The third-order valence-corrected chi connectivity index (χ3v) is 14.9. The molecule has 0 fully saturated rings. The molecule has 4 N–H and O–H groups in total. The first kappa shape index (κ1) is 81.2. The molecule has 0 aliphatic rings. The topological polar surface area (TPSA) is 231 Å². The Hall–Kier alpha value is -3.79. The lowest BCUT2D eigenvalue weighted by Gasteiger charge is -2.21. The van der Waals surface area contributed by atoms with Gasteiger partial charge >= 0.3 is 33.6 Å². The fraction of sp³-hybridized carbons (Fsp3) is 0.687. The molecular formula is C67H114O16P2. The van der Waals surface area contributed by atoms with E-state index in [1.165, 1.54) is 51.4 Å². The summed E-state index contributed by atoms with van der Waals surface area (Å²) < 4.78 is 60.7. The van der Waals surface area contributed by atoms with Gasteiger partial charge in [-0.2, -0.15) is 0 Å². The molecule has 0 aromatic rings. The van der Waals surface area contributed by atoms with Crippen molar-refractivity contribution in [1.29, 1.82) is 0 Å². The van der Waals surface area contributed by atoms with E-state index in [9.17, 15) is 43.5 Å². The van der Waals surface area contributed by atoms with Crippen molar-refractivity contribution >= 4 is 33.6 Å². The second kappa shape index (κ2) is 60.5. The monoisotopic (exact) mass is 1240 g/mol. The fourth-order valence-corrected chi connectivity index (χ4v) is 9.72. The molecule has 0 spiro atoms. The molecule has 0 bridgehead atoms. The molecule has 0 aliphatic heterocycles. The van der Waals surface area contributed by atoms with Crippen LogP contribution in [0.2, 0.25) is 0 Å². The molecule has 0 amide bonds. The van der Waals surface area contributed by atoms with Gasteiger partial charge in [0.25, 0.3) is 0 Å². The highest BCUT2D eigenvalue weighted by molar-refractivity contribution is 7.47. The van der Waals surface area contributed by atoms with E-state index in [4.69, 9.17) is 32.3 Å². The number of carbonyl (C=O) groups is 3. The van der Waals surface area contributed by atoms with Crippen LogP contribution in [-0.4, -0.2) is 95.9 Å². The Labute approximate surface area is 513 Å². The van der Waals surface area contributed by atoms with Gasteiger partial charge in [0.1, 0.15) is 25.4 Å². The zero-order valence-electron chi connectivity index (χ0n) is 52.5. The average molecular weight is 1240 g/mol. The van der Waals surface area contributed by atoms with Gasteiger partial charge in [-0.1, -0.05) is 239 Å². The van der Waals surface area contributed by atoms with E-state index in [-0.39, 0.29) is 19.3 Å². The van der Waals surface area contributed by atoms with Gasteiger partial charge in [0.15, 0.2) is 6.10 Å². The minimum Gasteiger partial charge on any atom is -0.463 e. The normalized spacial score (nSPS) is 15.0. The number of carbonyl (C=O) groups excluding carboxylic acids is 3. The summed E-state index contributed by atoms with van der Waals surface area (Å²) in [5.41, 5.74) is 0. The van der Waals surface area contributed by atoms with Gasteiger partial charge in [0, 0.05) is 19.3 Å². The molecule has 0 aromatic heterocycles. The maximum absolute atomic E-state index is 12.9. The summed E-state index contributed by atoms with van der Waals surface area (Å²) in [6, 6.07) is 0. The highest BCUT2D eigenvalue weighted by atomic mass is 31.2. The molecule has 0 aromatic carbocycles. The third-order valence-electron chi connectivity index (χ3n) is 13.0. The van der Waals surface area contributed by atoms with Gasteiger partial charge in [0.2, 0.25) is 0 Å². The van der Waals surface area contributed by atoms with E-state index in [1.54, 1.807) is 0 Å². The number of ether oxygens (including phenoxy) is 3. The number of unbranched alkanes of at least 4 members (excludes halogenated alkanes) is 19. The lowest BCUT2D eigenvalue weighted by Crippen LogP contribution is -2.30. The Morgan fingerprint density at radius 2 is 0.647 bits per heavy atom. The first-order chi connectivity index (χ1) is 41.2. The number of allylic oxidation sites excluding steroid dienone is 18. The summed E-state index contributed by atoms with van der Waals surface area (Å²) in [5.74, 6) is -1.67. The maximum atomic E-state index is 12.9. The number of aliphatic hydroxyl groups excluding tert-OH is 2. The van der Waals surface area contributed by atoms with Crippen LogP contribution in [0.3, 0.4) is 0 Å². The molecule has 16 nitrogen and oxygen atoms in total. The van der Waals surface area contributed by atoms with Crippen molar-refractivity contribution in [2.45, 2.75) is 257 Å². The summed E-state index contributed by atoms with van der Waals surface area (Å²) >= 11 is 0. The molecule has 85 heavy (non-hydrogen) atoms. The Morgan fingerprint density at radius 3 is 1.06 bits per heavy atom. The molecule has 0 saturated carbocycles. The number of phosphoric acid groups is 2. The van der Waals surface area contributed by atoms with Crippen molar-refractivity contribution in [1.82, 2.24) is 0 Å². The van der Waals surface area contributed by atoms with Crippen molar-refractivity contribution in [2.75, 3.05) is 39.6 Å². The van der Waals surface area contributed by atoms with Crippen molar-refractivity contribution in [3.63, 3.8) is 0 Å². The van der Waals surface area contributed by atoms with Crippen LogP contribution in [0.4, 0.5) is 0 Å². The highest BCUT2D eigenvalue weighted by Crippen LogP contribution is 2.45. The van der Waals surface area contributed by atoms with Crippen molar-refractivity contribution < 1.29 is 75.8 Å². The van der Waals surface area contributed by atoms with E-state index in [2.05, 4.69) is 112 Å². The van der Waals surface area contributed by atoms with Gasteiger partial charge in [-0.05, 0) is 89.9 Å². The minimum atomic E-state index is -4.93. The maximum Gasteiger partial charge on any atom is 0.472 e. The average Bonchev–Trinajstić information content (AvgIpc) is 3.51. The predicted octanol–water partition coefficient (Wildman–Crippen LogP) is 17.3. The van der Waals surface area contributed by atoms with E-state index >= 15 is 0 Å². The third kappa shape index (κ3) is 61.6. The fourth-order valence-electron chi connectivity index (χ4n) is 8.14. The van der Waals surface area contributed by atoms with E-state index < -0.39 is 91.5 Å². The Bertz CT molecular complexity index is 1990. The van der Waals surface area contributed by atoms with Crippen molar-refractivity contribution in [3.05, 3.63) is 109 Å². The lowest BCUT2D eigenvalue weighted by atomic mass is 10.0. The molecule has 5 atom stereocenters. The molecule has 0 radical (unpaired) electrons. The van der Waals surface area contributed by atoms with Crippen LogP contribution in [0.25, 0.3) is 0 Å². The van der Waals surface area contributed by atoms with Crippen LogP contribution in [0.5, 0.6) is 0 Å². The quantitative estimate of drug-likeness (QED) is 0.0146. The largest absolute Gasteiger partial charge is 0.472 e. The molecule has 0 heterocycles. The Balaban J connectivity index is 4.72. The number of hydrogen-bond donors (Lipinski definition) is 4. The standard InChI is InChI=1S/C67H114O16P2/c1-4-7-10-13-16-19-22-25-27-29-30-32-34-36-38-41-44-47-50-53-65(70)77-56-62(68)57-79-84(73,74)80-58-63(69)59-81-85(75,76)82-61-64(83-67(72)55-52-49-46-43-40-35-24-21-18-15-12-9-6-3)60-78-66(71)54-51-48-45-42-39-37-33-31-28-26-23-20-17-14-11-8-5-2/h7-8,10-11,16-17,19-20,25-28,30,32,36,38,44,47,62-64,68-69H,4-6,9,12-15,18,21-24,29,31,33-35,37,39-43,45-46,48-61H2,1-3H3,(H,73,74)(H,75,76)/b10-7-,11-8-,19-16-,20-17-,27-25-,28-26-,32-30-,38-36-,47-44-. The first-order valence-electron chi connectivity index (χ1n) is 32.2. The Kier molecular flexibility index (Phi) is 57.8. The number of rotatable bonds is 60. The molecule has 0 rings (SSSR count). The van der Waals surface area contributed by atoms with Gasteiger partial charge in [0.05, 0.1) is 26.4 Å². The van der Waals surface area contributed by atoms with Crippen LogP contribution in [0.15, 0.2) is 109 Å². The van der Waals surface area contributed by atoms with Crippen LogP contribution in [0.1, 0.15) is 239 Å². The van der Waals surface area contributed by atoms with E-state index in [0.29, 0.717) is 25.7 Å². The molecule has 0 saturated heterocycles. The van der Waals surface area contributed by atoms with Gasteiger partial charge in [-0.3, -0.25) is 32.5 Å². The smallest absolute Gasteiger partial charge is 0.463 e. The lowest BCUT2D eigenvalue weighted by molar-refractivity contribution is -0.161. The number of phosphoric ester groups is 2. The first-order valence-corrected chi connectivity index (χ1v) is 35.2. The summed E-state index contributed by atoms with van der Waals surface area (Å²) in [6.07, 6.45) is 65.9. The van der Waals surface area contributed by atoms with E-state index in [0.717, 1.165) is 122 Å². The van der Waals surface area contributed by atoms with Crippen LogP contribution < -0.4 is 0 Å². The molecule has 5 unspecified atom stereocenters. The van der Waals surface area contributed by atoms with Crippen molar-refractivity contribution in [2.24, 2.45) is 0 Å². The Morgan fingerprint density at radius 1 is 0.341 bits per heavy atom. The molecule has 0 aliphatic carbocycles. The zero-order chi connectivity index (χ0) is 62.4.